The van der Waals surface area contributed by atoms with E-state index in [2.05, 4.69) is 5.32 Å². The van der Waals surface area contributed by atoms with Crippen LogP contribution in [-0.4, -0.2) is 20.9 Å². The Hall–Kier alpha value is -2.25. The fourth-order valence-electron chi connectivity index (χ4n) is 2.71. The first-order valence-electron chi connectivity index (χ1n) is 8.81. The normalized spacial score (nSPS) is 11.2. The highest BCUT2D eigenvalue weighted by Crippen LogP contribution is 2.26. The topological polar surface area (TPSA) is 66.5 Å². The fourth-order valence-corrected chi connectivity index (χ4v) is 4.80. The number of nitrogens with one attached hydrogen (secondary N) is 1. The molecule has 0 aromatic heterocycles. The van der Waals surface area contributed by atoms with Gasteiger partial charge in [-0.05, 0) is 48.0 Å². The highest BCUT2D eigenvalue weighted by Gasteiger charge is 2.27. The summed E-state index contributed by atoms with van der Waals surface area (Å²) in [7, 11) is -3.99. The van der Waals surface area contributed by atoms with Crippen LogP contribution in [0, 0.1) is 0 Å². The number of benzene rings is 3. The molecule has 0 fully saturated rings. The average Bonchev–Trinajstić information content (AvgIpc) is 2.72. The molecule has 0 radical (unpaired) electrons. The lowest BCUT2D eigenvalue weighted by Crippen LogP contribution is -2.40. The minimum atomic E-state index is -3.99. The van der Waals surface area contributed by atoms with E-state index in [0.717, 1.165) is 4.31 Å². The molecule has 0 saturated heterocycles. The molecule has 0 heterocycles. The van der Waals surface area contributed by atoms with Crippen LogP contribution in [0.15, 0.2) is 77.7 Å². The van der Waals surface area contributed by atoms with Gasteiger partial charge in [-0.25, -0.2) is 8.42 Å². The van der Waals surface area contributed by atoms with Crippen molar-refractivity contribution >= 4 is 56.4 Å². The minimum Gasteiger partial charge on any atom is -0.350 e. The highest BCUT2D eigenvalue weighted by molar-refractivity contribution is 7.92. The zero-order valence-corrected chi connectivity index (χ0v) is 18.6. The fraction of sp³-hybridized carbons (Fsp3) is 0.0952. The molecular formula is C21H17Cl3N2O3S. The third-order valence-electron chi connectivity index (χ3n) is 4.21. The van der Waals surface area contributed by atoms with Crippen molar-refractivity contribution in [2.24, 2.45) is 0 Å². The van der Waals surface area contributed by atoms with Crippen molar-refractivity contribution in [3.63, 3.8) is 0 Å². The van der Waals surface area contributed by atoms with E-state index in [4.69, 9.17) is 34.8 Å². The van der Waals surface area contributed by atoms with Crippen molar-refractivity contribution in [2.75, 3.05) is 10.8 Å². The molecule has 0 aliphatic heterocycles. The smallest absolute Gasteiger partial charge is 0.264 e. The number of carbonyl (C=O) groups excluding carboxylic acids is 1. The van der Waals surface area contributed by atoms with Crippen molar-refractivity contribution < 1.29 is 13.2 Å². The summed E-state index contributed by atoms with van der Waals surface area (Å²) in [5.74, 6) is -0.500. The minimum absolute atomic E-state index is 0.0681. The van der Waals surface area contributed by atoms with Gasteiger partial charge in [-0.1, -0.05) is 65.1 Å². The van der Waals surface area contributed by atoms with E-state index in [1.165, 1.54) is 18.2 Å². The van der Waals surface area contributed by atoms with Crippen LogP contribution in [0.25, 0.3) is 0 Å². The predicted octanol–water partition coefficient (Wildman–Crippen LogP) is 5.16. The van der Waals surface area contributed by atoms with Crippen LogP contribution in [0.3, 0.4) is 0 Å². The number of anilines is 1. The molecule has 0 bridgehead atoms. The molecule has 0 aliphatic rings. The molecule has 3 aromatic carbocycles. The van der Waals surface area contributed by atoms with Crippen LogP contribution in [0.5, 0.6) is 0 Å². The molecule has 3 rings (SSSR count). The van der Waals surface area contributed by atoms with E-state index < -0.39 is 22.5 Å². The molecular weight excluding hydrogens is 467 g/mol. The number of halogens is 3. The Balaban J connectivity index is 1.85. The zero-order chi connectivity index (χ0) is 21.7. The lowest BCUT2D eigenvalue weighted by atomic mass is 10.2. The van der Waals surface area contributed by atoms with Crippen LogP contribution in [-0.2, 0) is 21.4 Å². The summed E-state index contributed by atoms with van der Waals surface area (Å²) in [6.07, 6.45) is 0. The van der Waals surface area contributed by atoms with Crippen LogP contribution in [0.1, 0.15) is 5.56 Å². The standard InChI is InChI=1S/C21H17Cl3N2O3S/c22-16-5-4-6-18(11-16)26(30(28,29)19-7-2-1-3-8-19)14-21(27)25-13-15-9-10-17(23)12-20(15)24/h1-12H,13-14H2,(H,25,27). The Morgan fingerprint density at radius 2 is 1.57 bits per heavy atom. The van der Waals surface area contributed by atoms with Gasteiger partial charge in [-0.3, -0.25) is 9.10 Å². The maximum Gasteiger partial charge on any atom is 0.264 e. The van der Waals surface area contributed by atoms with Crippen LogP contribution >= 0.6 is 34.8 Å². The van der Waals surface area contributed by atoms with Crippen molar-refractivity contribution in [1.82, 2.24) is 5.32 Å². The van der Waals surface area contributed by atoms with Gasteiger partial charge in [0.25, 0.3) is 10.0 Å². The first kappa shape index (κ1) is 22.4. The number of rotatable bonds is 7. The van der Waals surface area contributed by atoms with Crippen LogP contribution in [0.4, 0.5) is 5.69 Å². The molecule has 0 spiro atoms. The van der Waals surface area contributed by atoms with E-state index in [1.54, 1.807) is 54.6 Å². The van der Waals surface area contributed by atoms with Crippen LogP contribution < -0.4 is 9.62 Å². The number of carbonyl (C=O) groups is 1. The molecule has 1 N–H and O–H groups in total. The van der Waals surface area contributed by atoms with E-state index in [9.17, 15) is 13.2 Å². The first-order valence-corrected chi connectivity index (χ1v) is 11.4. The van der Waals surface area contributed by atoms with Crippen LogP contribution in [0.2, 0.25) is 15.1 Å². The van der Waals surface area contributed by atoms with Gasteiger partial charge in [0.2, 0.25) is 5.91 Å². The number of nitrogens with zero attached hydrogens (tertiary/aromatic N) is 1. The summed E-state index contributed by atoms with van der Waals surface area (Å²) in [4.78, 5) is 12.7. The van der Waals surface area contributed by atoms with Gasteiger partial charge >= 0.3 is 0 Å². The number of hydrogen-bond donors (Lipinski definition) is 1. The van der Waals surface area contributed by atoms with Gasteiger partial charge in [0.1, 0.15) is 6.54 Å². The van der Waals surface area contributed by atoms with Gasteiger partial charge in [0, 0.05) is 21.6 Å². The highest BCUT2D eigenvalue weighted by atomic mass is 35.5. The SMILES string of the molecule is O=C(CN(c1cccc(Cl)c1)S(=O)(=O)c1ccccc1)NCc1ccc(Cl)cc1Cl. The molecule has 3 aromatic rings. The Morgan fingerprint density at radius 1 is 0.867 bits per heavy atom. The maximum atomic E-state index is 13.2. The molecule has 0 saturated carbocycles. The van der Waals surface area contributed by atoms with Crippen molar-refractivity contribution in [3.05, 3.63) is 93.4 Å². The lowest BCUT2D eigenvalue weighted by Gasteiger charge is -2.24. The monoisotopic (exact) mass is 482 g/mol. The largest absolute Gasteiger partial charge is 0.350 e. The van der Waals surface area contributed by atoms with E-state index in [0.29, 0.717) is 20.6 Å². The second-order valence-corrected chi connectivity index (χ2v) is 9.46. The summed E-state index contributed by atoms with van der Waals surface area (Å²) in [5, 5.41) is 3.94. The molecule has 1 amide bonds. The molecule has 5 nitrogen and oxygen atoms in total. The van der Waals surface area contributed by atoms with Crippen molar-refractivity contribution in [3.8, 4) is 0 Å². The summed E-state index contributed by atoms with van der Waals surface area (Å²) in [6.45, 7) is -0.299. The number of sulfonamides is 1. The predicted molar refractivity (Wildman–Crippen MR) is 121 cm³/mol. The number of hydrogen-bond acceptors (Lipinski definition) is 3. The first-order chi connectivity index (χ1) is 14.3. The second-order valence-electron chi connectivity index (χ2n) is 6.32. The second kappa shape index (κ2) is 9.71. The van der Waals surface area contributed by atoms with Gasteiger partial charge in [-0.2, -0.15) is 0 Å². The third kappa shape index (κ3) is 5.46. The molecule has 156 valence electrons. The summed E-state index contributed by atoms with van der Waals surface area (Å²) in [5.41, 5.74) is 0.945. The maximum absolute atomic E-state index is 13.2. The quantitative estimate of drug-likeness (QED) is 0.505. The molecule has 30 heavy (non-hydrogen) atoms. The van der Waals surface area contributed by atoms with Gasteiger partial charge in [-0.15, -0.1) is 0 Å². The molecule has 0 unspecified atom stereocenters. The zero-order valence-electron chi connectivity index (χ0n) is 15.6. The Bertz CT molecular complexity index is 1160. The molecule has 0 aliphatic carbocycles. The van der Waals surface area contributed by atoms with Gasteiger partial charge < -0.3 is 5.32 Å². The van der Waals surface area contributed by atoms with Gasteiger partial charge in [0.15, 0.2) is 0 Å². The Kier molecular flexibility index (Phi) is 7.26. The van der Waals surface area contributed by atoms with E-state index >= 15 is 0 Å². The average molecular weight is 484 g/mol. The van der Waals surface area contributed by atoms with Crippen molar-refractivity contribution in [2.45, 2.75) is 11.4 Å². The Labute approximate surface area is 190 Å². The van der Waals surface area contributed by atoms with E-state index in [-0.39, 0.29) is 17.1 Å². The van der Waals surface area contributed by atoms with Crippen molar-refractivity contribution in [1.29, 1.82) is 0 Å². The lowest BCUT2D eigenvalue weighted by molar-refractivity contribution is -0.119. The summed E-state index contributed by atoms with van der Waals surface area (Å²) < 4.78 is 27.4. The summed E-state index contributed by atoms with van der Waals surface area (Å²) in [6, 6.07) is 19.1. The molecule has 0 atom stereocenters. The third-order valence-corrected chi connectivity index (χ3v) is 6.82. The number of amides is 1. The van der Waals surface area contributed by atoms with E-state index in [1.807, 2.05) is 0 Å². The molecule has 9 heteroatoms. The summed E-state index contributed by atoms with van der Waals surface area (Å²) >= 11 is 18.1. The Morgan fingerprint density at radius 3 is 2.23 bits per heavy atom. The van der Waals surface area contributed by atoms with Gasteiger partial charge in [0.05, 0.1) is 10.6 Å².